The highest BCUT2D eigenvalue weighted by molar-refractivity contribution is 7.20. The third-order valence-corrected chi connectivity index (χ3v) is 3.51. The van der Waals surface area contributed by atoms with Crippen LogP contribution in [0.4, 0.5) is 4.39 Å². The van der Waals surface area contributed by atoms with Crippen molar-refractivity contribution >= 4 is 27.3 Å². The fourth-order valence-corrected chi connectivity index (χ4v) is 2.47. The molecule has 1 aromatic heterocycles. The quantitative estimate of drug-likeness (QED) is 0.904. The zero-order valence-electron chi connectivity index (χ0n) is 9.95. The summed E-state index contributed by atoms with van der Waals surface area (Å²) in [5, 5.41) is 12.3. The summed E-state index contributed by atoms with van der Waals surface area (Å²) < 4.78 is 13.8. The molecule has 0 atom stereocenters. The number of hydrogen-bond donors (Lipinski definition) is 1. The Morgan fingerprint density at radius 2 is 2.17 bits per heavy atom. The molecule has 0 spiro atoms. The van der Waals surface area contributed by atoms with Crippen LogP contribution in [0.5, 0.6) is 0 Å². The van der Waals surface area contributed by atoms with Gasteiger partial charge in [0.25, 0.3) is 5.91 Å². The molecule has 0 bridgehead atoms. The monoisotopic (exact) mass is 262 g/mol. The van der Waals surface area contributed by atoms with Crippen molar-refractivity contribution in [3.63, 3.8) is 0 Å². The van der Waals surface area contributed by atoms with Crippen molar-refractivity contribution in [1.29, 1.82) is 5.26 Å². The first-order chi connectivity index (χ1) is 8.41. The van der Waals surface area contributed by atoms with Gasteiger partial charge in [-0.25, -0.2) is 4.39 Å². The number of amides is 1. The van der Waals surface area contributed by atoms with Gasteiger partial charge in [0.1, 0.15) is 11.4 Å². The number of rotatable bonds is 2. The summed E-state index contributed by atoms with van der Waals surface area (Å²) >= 11 is 1.21. The number of carbonyl (C=O) groups is 1. The average Bonchev–Trinajstić information content (AvgIpc) is 2.71. The third-order valence-electron chi connectivity index (χ3n) is 2.41. The largest absolute Gasteiger partial charge is 0.334 e. The van der Waals surface area contributed by atoms with E-state index in [1.165, 1.54) is 23.5 Å². The highest BCUT2D eigenvalue weighted by atomic mass is 32.1. The molecule has 3 nitrogen and oxygen atoms in total. The van der Waals surface area contributed by atoms with Gasteiger partial charge >= 0.3 is 0 Å². The maximum absolute atomic E-state index is 13.0. The zero-order chi connectivity index (χ0) is 13.3. The average molecular weight is 262 g/mol. The number of nitriles is 1. The first-order valence-electron chi connectivity index (χ1n) is 5.34. The predicted octanol–water partition coefficient (Wildman–Crippen LogP) is 3.07. The summed E-state index contributed by atoms with van der Waals surface area (Å²) in [6.45, 7) is 3.25. The summed E-state index contributed by atoms with van der Waals surface area (Å²) in [6.07, 6.45) is 0. The van der Waals surface area contributed by atoms with Crippen LogP contribution in [-0.4, -0.2) is 11.4 Å². The molecule has 0 fully saturated rings. The molecule has 0 unspecified atom stereocenters. The Bertz CT molecular complexity index is 655. The zero-order valence-corrected chi connectivity index (χ0v) is 10.8. The lowest BCUT2D eigenvalue weighted by Gasteiger charge is -2.16. The molecule has 0 aliphatic rings. The van der Waals surface area contributed by atoms with E-state index in [1.54, 1.807) is 26.0 Å². The van der Waals surface area contributed by atoms with Crippen molar-refractivity contribution in [3.8, 4) is 6.07 Å². The summed E-state index contributed by atoms with van der Waals surface area (Å²) in [5.41, 5.74) is -0.918. The first-order valence-corrected chi connectivity index (χ1v) is 6.16. The van der Waals surface area contributed by atoms with Gasteiger partial charge < -0.3 is 5.32 Å². The lowest BCUT2D eigenvalue weighted by Crippen LogP contribution is -2.41. The maximum atomic E-state index is 13.0. The van der Waals surface area contributed by atoms with E-state index in [1.807, 2.05) is 6.07 Å². The third kappa shape index (κ3) is 2.49. The number of carbonyl (C=O) groups excluding carboxylic acids is 1. The molecule has 2 rings (SSSR count). The smallest absolute Gasteiger partial charge is 0.262 e. The lowest BCUT2D eigenvalue weighted by atomic mass is 10.1. The first kappa shape index (κ1) is 12.5. The van der Waals surface area contributed by atoms with Crippen LogP contribution >= 0.6 is 11.3 Å². The molecule has 0 saturated carbocycles. The molecule has 18 heavy (non-hydrogen) atoms. The molecule has 92 valence electrons. The number of thiophene rings is 1. The van der Waals surface area contributed by atoms with Crippen molar-refractivity contribution < 1.29 is 9.18 Å². The van der Waals surface area contributed by atoms with Crippen LogP contribution in [0.25, 0.3) is 10.1 Å². The van der Waals surface area contributed by atoms with Gasteiger partial charge in [-0.2, -0.15) is 5.26 Å². The molecule has 1 heterocycles. The molecule has 0 aliphatic carbocycles. The standard InChI is InChI=1S/C13H11FN2OS/c1-13(2,7-15)16-12(17)11-5-8-3-4-9(14)6-10(8)18-11/h3-6H,1-2H3,(H,16,17). The van der Waals surface area contributed by atoms with E-state index in [4.69, 9.17) is 5.26 Å². The minimum absolute atomic E-state index is 0.317. The van der Waals surface area contributed by atoms with Gasteiger partial charge in [0, 0.05) is 4.70 Å². The minimum atomic E-state index is -0.918. The summed E-state index contributed by atoms with van der Waals surface area (Å²) in [5.74, 6) is -0.642. The lowest BCUT2D eigenvalue weighted by molar-refractivity contribution is 0.0933. The topological polar surface area (TPSA) is 52.9 Å². The number of hydrogen-bond acceptors (Lipinski definition) is 3. The SMILES string of the molecule is CC(C)(C#N)NC(=O)c1cc2ccc(F)cc2s1. The molecule has 0 radical (unpaired) electrons. The Hall–Kier alpha value is -1.93. The number of nitrogens with one attached hydrogen (secondary N) is 1. The molecule has 1 N–H and O–H groups in total. The minimum Gasteiger partial charge on any atom is -0.334 e. The van der Waals surface area contributed by atoms with Gasteiger partial charge in [-0.1, -0.05) is 6.07 Å². The fourth-order valence-electron chi connectivity index (χ4n) is 1.49. The van der Waals surface area contributed by atoms with Crippen LogP contribution in [0.1, 0.15) is 23.5 Å². The maximum Gasteiger partial charge on any atom is 0.262 e. The second kappa shape index (κ2) is 4.39. The second-order valence-corrected chi connectivity index (χ2v) is 5.57. The summed E-state index contributed by atoms with van der Waals surface area (Å²) in [6, 6.07) is 8.08. The van der Waals surface area contributed by atoms with Crippen LogP contribution in [0.15, 0.2) is 24.3 Å². The van der Waals surface area contributed by atoms with E-state index >= 15 is 0 Å². The Kier molecular flexibility index (Phi) is 3.05. The van der Waals surface area contributed by atoms with Crippen LogP contribution in [0, 0.1) is 17.1 Å². The van der Waals surface area contributed by atoms with Crippen molar-refractivity contribution in [2.45, 2.75) is 19.4 Å². The highest BCUT2D eigenvalue weighted by Crippen LogP contribution is 2.26. The van der Waals surface area contributed by atoms with Gasteiger partial charge in [0.05, 0.1) is 10.9 Å². The Morgan fingerprint density at radius 1 is 1.44 bits per heavy atom. The number of nitrogens with zero attached hydrogens (tertiary/aromatic N) is 1. The van der Waals surface area contributed by atoms with Gasteiger partial charge in [-0.05, 0) is 37.4 Å². The number of halogens is 1. The molecule has 0 saturated heterocycles. The van der Waals surface area contributed by atoms with Crippen molar-refractivity contribution in [1.82, 2.24) is 5.32 Å². The van der Waals surface area contributed by atoms with Crippen LogP contribution < -0.4 is 5.32 Å². The van der Waals surface area contributed by atoms with Gasteiger partial charge in [-0.3, -0.25) is 4.79 Å². The molecule has 5 heteroatoms. The van der Waals surface area contributed by atoms with E-state index in [0.717, 1.165) is 10.1 Å². The molecular weight excluding hydrogens is 251 g/mol. The van der Waals surface area contributed by atoms with Crippen molar-refractivity contribution in [2.75, 3.05) is 0 Å². The number of benzene rings is 1. The Morgan fingerprint density at radius 3 is 2.83 bits per heavy atom. The van der Waals surface area contributed by atoms with Gasteiger partial charge in [0.15, 0.2) is 0 Å². The molecular formula is C13H11FN2OS. The predicted molar refractivity (Wildman–Crippen MR) is 68.9 cm³/mol. The van der Waals surface area contributed by atoms with Crippen LogP contribution in [0.3, 0.4) is 0 Å². The molecule has 1 amide bonds. The van der Waals surface area contributed by atoms with Crippen LogP contribution in [-0.2, 0) is 0 Å². The number of fused-ring (bicyclic) bond motifs is 1. The van der Waals surface area contributed by atoms with E-state index in [-0.39, 0.29) is 11.7 Å². The molecule has 1 aromatic carbocycles. The summed E-state index contributed by atoms with van der Waals surface area (Å²) in [7, 11) is 0. The van der Waals surface area contributed by atoms with Crippen molar-refractivity contribution in [3.05, 3.63) is 35.0 Å². The van der Waals surface area contributed by atoms with E-state index in [0.29, 0.717) is 4.88 Å². The fraction of sp³-hybridized carbons (Fsp3) is 0.231. The van der Waals surface area contributed by atoms with E-state index in [9.17, 15) is 9.18 Å². The van der Waals surface area contributed by atoms with Gasteiger partial charge in [0.2, 0.25) is 0 Å². The highest BCUT2D eigenvalue weighted by Gasteiger charge is 2.21. The Balaban J connectivity index is 2.32. The molecule has 2 aromatic rings. The second-order valence-electron chi connectivity index (χ2n) is 4.48. The van der Waals surface area contributed by atoms with Crippen LogP contribution in [0.2, 0.25) is 0 Å². The summed E-state index contributed by atoms with van der Waals surface area (Å²) in [4.78, 5) is 12.4. The van der Waals surface area contributed by atoms with E-state index in [2.05, 4.69) is 5.32 Å². The Labute approximate surface area is 108 Å². The molecule has 0 aliphatic heterocycles. The van der Waals surface area contributed by atoms with E-state index < -0.39 is 5.54 Å². The normalized spacial score (nSPS) is 11.2. The van der Waals surface area contributed by atoms with Gasteiger partial charge in [-0.15, -0.1) is 11.3 Å². The van der Waals surface area contributed by atoms with Crippen molar-refractivity contribution in [2.24, 2.45) is 0 Å².